The molecule has 0 saturated carbocycles. The lowest BCUT2D eigenvalue weighted by molar-refractivity contribution is -0.144. The van der Waals surface area contributed by atoms with Crippen molar-refractivity contribution in [3.8, 4) is 29.0 Å². The van der Waals surface area contributed by atoms with E-state index >= 15 is 0 Å². The summed E-state index contributed by atoms with van der Waals surface area (Å²) in [6, 6.07) is 6.05. The third-order valence-electron chi connectivity index (χ3n) is 4.57. The molecule has 0 spiro atoms. The van der Waals surface area contributed by atoms with Gasteiger partial charge >= 0.3 is 12.0 Å². The van der Waals surface area contributed by atoms with Gasteiger partial charge in [0.1, 0.15) is 17.1 Å². The van der Waals surface area contributed by atoms with Crippen LogP contribution in [0.15, 0.2) is 40.9 Å². The van der Waals surface area contributed by atoms with E-state index < -0.39 is 23.7 Å². The van der Waals surface area contributed by atoms with Crippen LogP contribution in [-0.2, 0) is 4.79 Å². The summed E-state index contributed by atoms with van der Waals surface area (Å²) in [6.07, 6.45) is 0.340. The van der Waals surface area contributed by atoms with E-state index in [4.69, 9.17) is 19.0 Å². The molecule has 8 nitrogen and oxygen atoms in total. The Hall–Kier alpha value is -4.08. The first-order valence-electron chi connectivity index (χ1n) is 9.49. The monoisotopic (exact) mass is 441 g/mol. The van der Waals surface area contributed by atoms with Gasteiger partial charge in [0.2, 0.25) is 5.89 Å². The maximum absolute atomic E-state index is 13.8. The van der Waals surface area contributed by atoms with Crippen LogP contribution in [0, 0.1) is 25.5 Å². The van der Waals surface area contributed by atoms with E-state index in [2.05, 4.69) is 15.0 Å². The van der Waals surface area contributed by atoms with Crippen LogP contribution in [0.3, 0.4) is 0 Å². The van der Waals surface area contributed by atoms with Gasteiger partial charge in [-0.3, -0.25) is 0 Å². The molecule has 32 heavy (non-hydrogen) atoms. The molecule has 4 rings (SSSR count). The molecule has 164 valence electrons. The molecule has 10 heteroatoms. The number of rotatable bonds is 6. The summed E-state index contributed by atoms with van der Waals surface area (Å²) < 4.78 is 43.6. The van der Waals surface area contributed by atoms with Crippen molar-refractivity contribution in [3.63, 3.8) is 0 Å². The number of benzene rings is 2. The van der Waals surface area contributed by atoms with Gasteiger partial charge in [-0.25, -0.2) is 23.5 Å². The quantitative estimate of drug-likeness (QED) is 0.454. The largest absolute Gasteiger partial charge is 0.479 e. The molecule has 0 aliphatic carbocycles. The van der Waals surface area contributed by atoms with Crippen LogP contribution < -0.4 is 9.47 Å². The summed E-state index contributed by atoms with van der Waals surface area (Å²) in [6.45, 7) is 5.01. The van der Waals surface area contributed by atoms with E-state index in [1.54, 1.807) is 26.0 Å². The van der Waals surface area contributed by atoms with E-state index in [1.807, 2.05) is 0 Å². The minimum absolute atomic E-state index is 0.0944. The molecule has 2 aromatic carbocycles. The Bertz CT molecular complexity index is 1320. The number of hydrogen-bond donors (Lipinski definition) is 1. The smallest absolute Gasteiger partial charge is 0.344 e. The standard InChI is InChI=1S/C22H17F2N3O5/c1-10-6-13(7-11(2)18(10)30-12(3)21(28)29)19-26-16-9-25-22(27-20(16)32-19)31-17-8-14(23)4-5-15(17)24/h4-9,12H,1-3H3,(H,28,29). The van der Waals surface area contributed by atoms with Crippen LogP contribution in [0.4, 0.5) is 8.78 Å². The lowest BCUT2D eigenvalue weighted by Gasteiger charge is -2.16. The number of carbonyl (C=O) groups is 1. The van der Waals surface area contributed by atoms with Crippen LogP contribution in [0.1, 0.15) is 18.1 Å². The highest BCUT2D eigenvalue weighted by molar-refractivity contribution is 5.74. The molecule has 1 N–H and O–H groups in total. The number of aromatic nitrogens is 3. The number of carboxylic acids is 1. The van der Waals surface area contributed by atoms with E-state index in [9.17, 15) is 13.6 Å². The molecule has 2 aromatic heterocycles. The Labute approximate surface area is 180 Å². The summed E-state index contributed by atoms with van der Waals surface area (Å²) in [5.74, 6) is -2.15. The van der Waals surface area contributed by atoms with E-state index in [-0.39, 0.29) is 23.4 Å². The number of hydrogen-bond acceptors (Lipinski definition) is 7. The Morgan fingerprint density at radius 1 is 1.12 bits per heavy atom. The van der Waals surface area contributed by atoms with Gasteiger partial charge in [0, 0.05) is 11.6 Å². The second-order valence-corrected chi connectivity index (χ2v) is 7.08. The van der Waals surface area contributed by atoms with Crippen molar-refractivity contribution in [2.45, 2.75) is 26.9 Å². The number of halogens is 2. The summed E-state index contributed by atoms with van der Waals surface area (Å²) in [5, 5.41) is 9.07. The molecule has 0 bridgehead atoms. The van der Waals surface area contributed by atoms with E-state index in [0.717, 1.165) is 18.2 Å². The predicted molar refractivity (Wildman–Crippen MR) is 109 cm³/mol. The molecule has 4 aromatic rings. The van der Waals surface area contributed by atoms with Crippen molar-refractivity contribution in [2.75, 3.05) is 0 Å². The molecule has 1 atom stereocenters. The van der Waals surface area contributed by atoms with Gasteiger partial charge in [0.05, 0.1) is 6.20 Å². The first kappa shape index (κ1) is 21.2. The molecule has 0 saturated heterocycles. The topological polar surface area (TPSA) is 108 Å². The number of fused-ring (bicyclic) bond motifs is 1. The van der Waals surface area contributed by atoms with Crippen molar-refractivity contribution in [1.29, 1.82) is 0 Å². The van der Waals surface area contributed by atoms with Crippen LogP contribution in [0.25, 0.3) is 22.7 Å². The van der Waals surface area contributed by atoms with Crippen molar-refractivity contribution >= 4 is 17.2 Å². The highest BCUT2D eigenvalue weighted by Gasteiger charge is 2.19. The van der Waals surface area contributed by atoms with Crippen molar-refractivity contribution in [3.05, 3.63) is 59.3 Å². The Kier molecular flexibility index (Phi) is 5.43. The third kappa shape index (κ3) is 4.20. The van der Waals surface area contributed by atoms with E-state index in [0.29, 0.717) is 28.0 Å². The zero-order valence-corrected chi connectivity index (χ0v) is 17.2. The number of carboxylic acid groups (broad SMARTS) is 1. The Morgan fingerprint density at radius 2 is 1.84 bits per heavy atom. The number of ether oxygens (including phenoxy) is 2. The number of aliphatic carboxylic acids is 1. The fourth-order valence-electron chi connectivity index (χ4n) is 3.03. The number of oxazole rings is 1. The lowest BCUT2D eigenvalue weighted by Crippen LogP contribution is -2.23. The summed E-state index contributed by atoms with van der Waals surface area (Å²) in [5.41, 5.74) is 2.45. The van der Waals surface area contributed by atoms with Crippen LogP contribution in [-0.4, -0.2) is 32.1 Å². The first-order valence-corrected chi connectivity index (χ1v) is 9.49. The van der Waals surface area contributed by atoms with Gasteiger partial charge in [-0.05, 0) is 56.2 Å². The minimum Gasteiger partial charge on any atom is -0.479 e. The van der Waals surface area contributed by atoms with Gasteiger partial charge < -0.3 is 19.0 Å². The fourth-order valence-corrected chi connectivity index (χ4v) is 3.03. The molecule has 0 aliphatic heterocycles. The summed E-state index contributed by atoms with van der Waals surface area (Å²) in [7, 11) is 0. The third-order valence-corrected chi connectivity index (χ3v) is 4.57. The summed E-state index contributed by atoms with van der Waals surface area (Å²) >= 11 is 0. The van der Waals surface area contributed by atoms with Gasteiger partial charge in [-0.15, -0.1) is 0 Å². The van der Waals surface area contributed by atoms with Crippen LogP contribution in [0.2, 0.25) is 0 Å². The first-order chi connectivity index (χ1) is 15.2. The van der Waals surface area contributed by atoms with Gasteiger partial charge in [-0.1, -0.05) is 0 Å². The maximum Gasteiger partial charge on any atom is 0.344 e. The number of aryl methyl sites for hydroxylation is 2. The van der Waals surface area contributed by atoms with Crippen LogP contribution in [0.5, 0.6) is 17.5 Å². The second-order valence-electron chi connectivity index (χ2n) is 7.08. The molecule has 0 radical (unpaired) electrons. The molecule has 0 aliphatic rings. The maximum atomic E-state index is 13.8. The Balaban J connectivity index is 1.64. The molecule has 1 unspecified atom stereocenters. The fraction of sp³-hybridized carbons (Fsp3) is 0.182. The van der Waals surface area contributed by atoms with Crippen molar-refractivity contribution in [1.82, 2.24) is 15.0 Å². The highest BCUT2D eigenvalue weighted by Crippen LogP contribution is 2.32. The van der Waals surface area contributed by atoms with Crippen molar-refractivity contribution < 1.29 is 32.6 Å². The summed E-state index contributed by atoms with van der Waals surface area (Å²) in [4.78, 5) is 23.5. The van der Waals surface area contributed by atoms with Crippen molar-refractivity contribution in [2.24, 2.45) is 0 Å². The van der Waals surface area contributed by atoms with Gasteiger partial charge in [-0.2, -0.15) is 4.98 Å². The molecule has 0 amide bonds. The van der Waals surface area contributed by atoms with E-state index in [1.165, 1.54) is 13.1 Å². The second kappa shape index (κ2) is 8.22. The molecular weight excluding hydrogens is 424 g/mol. The average Bonchev–Trinajstić information content (AvgIpc) is 3.16. The van der Waals surface area contributed by atoms with Gasteiger partial charge in [0.25, 0.3) is 5.71 Å². The highest BCUT2D eigenvalue weighted by atomic mass is 19.1. The molecular formula is C22H17F2N3O5. The normalized spacial score (nSPS) is 12.0. The zero-order valence-electron chi connectivity index (χ0n) is 17.2. The lowest BCUT2D eigenvalue weighted by atomic mass is 10.1. The van der Waals surface area contributed by atoms with Crippen LogP contribution >= 0.6 is 0 Å². The molecule has 0 fully saturated rings. The predicted octanol–water partition coefficient (Wildman–Crippen LogP) is 4.82. The minimum atomic E-state index is -1.07. The van der Waals surface area contributed by atoms with Gasteiger partial charge in [0.15, 0.2) is 17.7 Å². The Morgan fingerprint density at radius 3 is 2.53 bits per heavy atom. The number of nitrogens with zero attached hydrogens (tertiary/aromatic N) is 3. The molecule has 2 heterocycles. The average molecular weight is 441 g/mol. The zero-order chi connectivity index (χ0) is 23.0. The SMILES string of the molecule is Cc1cc(-c2nc3cnc(Oc4cc(F)ccc4F)nc3o2)cc(C)c1OC(C)C(=O)O.